The Morgan fingerprint density at radius 2 is 1.33 bits per heavy atom. The summed E-state index contributed by atoms with van der Waals surface area (Å²) in [6, 6.07) is 5.84. The number of amides is 1. The Kier molecular flexibility index (Phi) is 4.26. The molecule has 0 atom stereocenters. The topological polar surface area (TPSA) is 29.1 Å². The zero-order chi connectivity index (χ0) is 15.7. The molecular weight excluding hydrogens is 361 g/mol. The van der Waals surface area contributed by atoms with Gasteiger partial charge < -0.3 is 5.32 Å². The molecule has 2 nitrogen and oxygen atoms in total. The van der Waals surface area contributed by atoms with Gasteiger partial charge in [0, 0.05) is 4.47 Å². The van der Waals surface area contributed by atoms with E-state index in [2.05, 4.69) is 15.9 Å². The molecule has 0 bridgehead atoms. The van der Waals surface area contributed by atoms with Crippen LogP contribution in [0.25, 0.3) is 0 Å². The Hall–Kier alpha value is -1.96. The molecule has 0 heterocycles. The summed E-state index contributed by atoms with van der Waals surface area (Å²) in [5.41, 5.74) is -1.42. The summed E-state index contributed by atoms with van der Waals surface area (Å²) in [5.74, 6) is -11.8. The lowest BCUT2D eigenvalue weighted by atomic mass is 10.2. The molecular formula is C13H5BrF5NO. The highest BCUT2D eigenvalue weighted by atomic mass is 79.9. The number of halogens is 6. The van der Waals surface area contributed by atoms with Gasteiger partial charge in [0.15, 0.2) is 23.3 Å². The van der Waals surface area contributed by atoms with Crippen molar-refractivity contribution in [3.8, 4) is 0 Å². The van der Waals surface area contributed by atoms with Crippen LogP contribution in [-0.2, 0) is 0 Å². The maximum Gasteiger partial charge on any atom is 0.256 e. The molecule has 0 aliphatic carbocycles. The highest BCUT2D eigenvalue weighted by Crippen LogP contribution is 2.28. The first-order valence-electron chi connectivity index (χ1n) is 5.42. The lowest BCUT2D eigenvalue weighted by Crippen LogP contribution is -2.17. The Labute approximate surface area is 123 Å². The van der Waals surface area contributed by atoms with Crippen molar-refractivity contribution < 1.29 is 26.7 Å². The van der Waals surface area contributed by atoms with Crippen LogP contribution in [0.1, 0.15) is 10.4 Å². The van der Waals surface area contributed by atoms with Crippen LogP contribution in [0.5, 0.6) is 0 Å². The fourth-order valence-corrected chi connectivity index (χ4v) is 2.01. The molecule has 0 aromatic heterocycles. The molecule has 2 rings (SSSR count). The highest BCUT2D eigenvalue weighted by Gasteiger charge is 2.27. The summed E-state index contributed by atoms with van der Waals surface area (Å²) in [4.78, 5) is 11.8. The van der Waals surface area contributed by atoms with Crippen LogP contribution in [0.3, 0.4) is 0 Å². The molecule has 21 heavy (non-hydrogen) atoms. The number of hydrogen-bond acceptors (Lipinski definition) is 1. The van der Waals surface area contributed by atoms with E-state index in [1.807, 2.05) is 0 Å². The molecule has 0 aliphatic rings. The van der Waals surface area contributed by atoms with Crippen molar-refractivity contribution in [1.29, 1.82) is 0 Å². The summed E-state index contributed by atoms with van der Waals surface area (Å²) in [6.07, 6.45) is 0. The van der Waals surface area contributed by atoms with Gasteiger partial charge in [0.2, 0.25) is 5.82 Å². The predicted molar refractivity (Wildman–Crippen MR) is 68.3 cm³/mol. The maximum absolute atomic E-state index is 13.4. The standard InChI is InChI=1S/C13H5BrF5NO/c14-6-4-2-1-3-5(6)13(21)20-12-10(18)8(16)7(15)9(17)11(12)19/h1-4H,(H,20,21). The van der Waals surface area contributed by atoms with Crippen LogP contribution >= 0.6 is 15.9 Å². The number of benzene rings is 2. The fraction of sp³-hybridized carbons (Fsp3) is 0. The zero-order valence-corrected chi connectivity index (χ0v) is 11.6. The van der Waals surface area contributed by atoms with Crippen LogP contribution in [0.4, 0.5) is 27.6 Å². The number of rotatable bonds is 2. The van der Waals surface area contributed by atoms with E-state index in [9.17, 15) is 26.7 Å². The first-order valence-corrected chi connectivity index (χ1v) is 6.21. The van der Waals surface area contributed by atoms with Crippen molar-refractivity contribution in [2.24, 2.45) is 0 Å². The maximum atomic E-state index is 13.4. The Morgan fingerprint density at radius 1 is 0.857 bits per heavy atom. The summed E-state index contributed by atoms with van der Waals surface area (Å²) in [7, 11) is 0. The van der Waals surface area contributed by atoms with Crippen molar-refractivity contribution >= 4 is 27.5 Å². The second-order valence-corrected chi connectivity index (χ2v) is 4.73. The SMILES string of the molecule is O=C(Nc1c(F)c(F)c(F)c(F)c1F)c1ccccc1Br. The van der Waals surface area contributed by atoms with Crippen LogP contribution in [-0.4, -0.2) is 5.91 Å². The van der Waals surface area contributed by atoms with Crippen molar-refractivity contribution in [2.75, 3.05) is 5.32 Å². The van der Waals surface area contributed by atoms with Gasteiger partial charge >= 0.3 is 0 Å². The molecule has 0 saturated heterocycles. The van der Waals surface area contributed by atoms with E-state index in [0.717, 1.165) is 0 Å². The number of nitrogens with one attached hydrogen (secondary N) is 1. The lowest BCUT2D eigenvalue weighted by molar-refractivity contribution is 0.102. The van der Waals surface area contributed by atoms with Gasteiger partial charge in [0.25, 0.3) is 5.91 Å². The molecule has 0 aliphatic heterocycles. The lowest BCUT2D eigenvalue weighted by Gasteiger charge is -2.10. The molecule has 2 aromatic carbocycles. The van der Waals surface area contributed by atoms with Crippen LogP contribution in [0.2, 0.25) is 0 Å². The van der Waals surface area contributed by atoms with Gasteiger partial charge in [-0.15, -0.1) is 0 Å². The van der Waals surface area contributed by atoms with Gasteiger partial charge in [-0.2, -0.15) is 0 Å². The molecule has 0 saturated carbocycles. The van der Waals surface area contributed by atoms with E-state index in [1.165, 1.54) is 18.2 Å². The van der Waals surface area contributed by atoms with Crippen LogP contribution in [0.15, 0.2) is 28.7 Å². The predicted octanol–water partition coefficient (Wildman–Crippen LogP) is 4.40. The van der Waals surface area contributed by atoms with Gasteiger partial charge in [-0.25, -0.2) is 22.0 Å². The average molecular weight is 366 g/mol. The van der Waals surface area contributed by atoms with Crippen molar-refractivity contribution in [3.05, 3.63) is 63.4 Å². The molecule has 0 fully saturated rings. The van der Waals surface area contributed by atoms with E-state index in [4.69, 9.17) is 0 Å². The van der Waals surface area contributed by atoms with Gasteiger partial charge in [0.05, 0.1) is 5.56 Å². The monoisotopic (exact) mass is 365 g/mol. The Morgan fingerprint density at radius 3 is 1.86 bits per heavy atom. The molecule has 1 N–H and O–H groups in total. The van der Waals surface area contributed by atoms with E-state index < -0.39 is 40.7 Å². The van der Waals surface area contributed by atoms with Gasteiger partial charge in [0.1, 0.15) is 5.69 Å². The van der Waals surface area contributed by atoms with Crippen molar-refractivity contribution in [3.63, 3.8) is 0 Å². The Bertz CT molecular complexity index is 706. The Balaban J connectivity index is 2.46. The molecule has 110 valence electrons. The smallest absolute Gasteiger partial charge is 0.256 e. The third-order valence-electron chi connectivity index (χ3n) is 2.57. The molecule has 8 heteroatoms. The summed E-state index contributed by atoms with van der Waals surface area (Å²) in [6.45, 7) is 0. The number of hydrogen-bond donors (Lipinski definition) is 1. The summed E-state index contributed by atoms with van der Waals surface area (Å²) >= 11 is 3.03. The van der Waals surface area contributed by atoms with Crippen molar-refractivity contribution in [2.45, 2.75) is 0 Å². The molecule has 0 unspecified atom stereocenters. The fourth-order valence-electron chi connectivity index (χ4n) is 1.54. The van der Waals surface area contributed by atoms with E-state index in [1.54, 1.807) is 11.4 Å². The number of anilines is 1. The molecule has 2 aromatic rings. The van der Waals surface area contributed by atoms with Crippen LogP contribution < -0.4 is 5.32 Å². The molecule has 0 spiro atoms. The normalized spacial score (nSPS) is 10.6. The highest BCUT2D eigenvalue weighted by molar-refractivity contribution is 9.10. The quantitative estimate of drug-likeness (QED) is 0.477. The van der Waals surface area contributed by atoms with Crippen molar-refractivity contribution in [1.82, 2.24) is 0 Å². The largest absolute Gasteiger partial charge is 0.317 e. The van der Waals surface area contributed by atoms with Gasteiger partial charge in [-0.05, 0) is 28.1 Å². The first kappa shape index (κ1) is 15.4. The van der Waals surface area contributed by atoms with Crippen LogP contribution in [0, 0.1) is 29.1 Å². The molecule has 1 amide bonds. The van der Waals surface area contributed by atoms with E-state index in [-0.39, 0.29) is 5.56 Å². The molecule has 0 radical (unpaired) electrons. The van der Waals surface area contributed by atoms with E-state index >= 15 is 0 Å². The zero-order valence-electron chi connectivity index (χ0n) is 9.99. The summed E-state index contributed by atoms with van der Waals surface area (Å²) < 4.78 is 66.1. The second kappa shape index (κ2) is 5.80. The number of carbonyl (C=O) groups excluding carboxylic acids is 1. The van der Waals surface area contributed by atoms with Gasteiger partial charge in [-0.1, -0.05) is 12.1 Å². The first-order chi connectivity index (χ1) is 9.84. The minimum absolute atomic E-state index is 0.0264. The summed E-state index contributed by atoms with van der Waals surface area (Å²) in [5, 5.41) is 1.68. The minimum Gasteiger partial charge on any atom is -0.317 e. The third kappa shape index (κ3) is 2.76. The van der Waals surface area contributed by atoms with Gasteiger partial charge in [-0.3, -0.25) is 4.79 Å². The van der Waals surface area contributed by atoms with E-state index in [0.29, 0.717) is 4.47 Å². The minimum atomic E-state index is -2.29. The second-order valence-electron chi connectivity index (χ2n) is 3.88. The average Bonchev–Trinajstić information content (AvgIpc) is 2.48. The third-order valence-corrected chi connectivity index (χ3v) is 3.26. The number of carbonyl (C=O) groups is 1.